The SMILES string of the molecule is C[C@@H]1CN(CCN(C)c2nc3sccn3c2[N+](=O)[O-])C[C@H](C)O1. The lowest BCUT2D eigenvalue weighted by molar-refractivity contribution is -0.389. The molecule has 1 fully saturated rings. The second-order valence-corrected chi connectivity index (χ2v) is 6.88. The number of nitrogens with zero attached hydrogens (tertiary/aromatic N) is 5. The first-order valence-corrected chi connectivity index (χ1v) is 8.52. The Balaban J connectivity index is 1.71. The van der Waals surface area contributed by atoms with Crippen molar-refractivity contribution < 1.29 is 9.66 Å². The van der Waals surface area contributed by atoms with Crippen LogP contribution < -0.4 is 4.90 Å². The number of fused-ring (bicyclic) bond motifs is 1. The summed E-state index contributed by atoms with van der Waals surface area (Å²) in [7, 11) is 1.85. The average Bonchev–Trinajstić information content (AvgIpc) is 3.03. The lowest BCUT2D eigenvalue weighted by atomic mass is 10.2. The van der Waals surface area contributed by atoms with Gasteiger partial charge in [-0.15, -0.1) is 0 Å². The number of morpholine rings is 1. The van der Waals surface area contributed by atoms with Crippen LogP contribution in [0.25, 0.3) is 4.96 Å². The number of aromatic nitrogens is 2. The lowest BCUT2D eigenvalue weighted by Crippen LogP contribution is -2.47. The summed E-state index contributed by atoms with van der Waals surface area (Å²) in [6, 6.07) is 0. The third-order valence-electron chi connectivity index (χ3n) is 4.00. The van der Waals surface area contributed by atoms with E-state index in [0.717, 1.165) is 19.6 Å². The minimum atomic E-state index is -0.364. The van der Waals surface area contributed by atoms with E-state index in [1.807, 2.05) is 11.9 Å². The number of ether oxygens (including phenoxy) is 1. The molecule has 0 saturated carbocycles. The Labute approximate surface area is 138 Å². The molecule has 0 unspecified atom stereocenters. The molecule has 2 aromatic heterocycles. The van der Waals surface area contributed by atoms with Crippen LogP contribution in [-0.4, -0.2) is 64.6 Å². The van der Waals surface area contributed by atoms with Crippen molar-refractivity contribution in [3.8, 4) is 0 Å². The van der Waals surface area contributed by atoms with Gasteiger partial charge in [-0.1, -0.05) is 11.3 Å². The van der Waals surface area contributed by atoms with E-state index in [9.17, 15) is 10.1 Å². The highest BCUT2D eigenvalue weighted by Gasteiger charge is 2.27. The van der Waals surface area contributed by atoms with E-state index in [-0.39, 0.29) is 22.9 Å². The number of hydrogen-bond acceptors (Lipinski definition) is 7. The summed E-state index contributed by atoms with van der Waals surface area (Å²) < 4.78 is 7.27. The first-order chi connectivity index (χ1) is 11.0. The molecule has 2 aromatic rings. The van der Waals surface area contributed by atoms with Crippen molar-refractivity contribution in [3.05, 3.63) is 21.7 Å². The molecule has 0 radical (unpaired) electrons. The van der Waals surface area contributed by atoms with Gasteiger partial charge in [0, 0.05) is 38.6 Å². The fourth-order valence-electron chi connectivity index (χ4n) is 3.05. The quantitative estimate of drug-likeness (QED) is 0.611. The number of hydrogen-bond donors (Lipinski definition) is 0. The summed E-state index contributed by atoms with van der Waals surface area (Å²) in [6.45, 7) is 7.43. The Kier molecular flexibility index (Phi) is 4.51. The molecule has 3 heterocycles. The highest BCUT2D eigenvalue weighted by Crippen LogP contribution is 2.30. The van der Waals surface area contributed by atoms with Crippen LogP contribution >= 0.6 is 11.3 Å². The number of anilines is 1. The van der Waals surface area contributed by atoms with Crippen LogP contribution in [0.2, 0.25) is 0 Å². The summed E-state index contributed by atoms with van der Waals surface area (Å²) in [6.07, 6.45) is 2.13. The molecule has 23 heavy (non-hydrogen) atoms. The van der Waals surface area contributed by atoms with Gasteiger partial charge >= 0.3 is 5.82 Å². The standard InChI is InChI=1S/C14H21N5O3S/c1-10-8-17(9-11(2)22-10)5-4-16(3)12-13(19(20)21)18-6-7-23-14(18)15-12/h6-7,10-11H,4-5,8-9H2,1-3H3/t10-,11+. The average molecular weight is 339 g/mol. The predicted molar refractivity (Wildman–Crippen MR) is 89.4 cm³/mol. The molecule has 1 aliphatic heterocycles. The maximum absolute atomic E-state index is 11.4. The Morgan fingerprint density at radius 1 is 1.48 bits per heavy atom. The molecule has 2 atom stereocenters. The highest BCUT2D eigenvalue weighted by atomic mass is 32.1. The topological polar surface area (TPSA) is 76.2 Å². The van der Waals surface area contributed by atoms with Crippen LogP contribution in [0.5, 0.6) is 0 Å². The van der Waals surface area contributed by atoms with Gasteiger partial charge in [0.1, 0.15) is 6.20 Å². The first-order valence-electron chi connectivity index (χ1n) is 7.64. The zero-order valence-corrected chi connectivity index (χ0v) is 14.3. The molecule has 0 aliphatic carbocycles. The largest absolute Gasteiger partial charge is 0.373 e. The molecule has 9 heteroatoms. The van der Waals surface area contributed by atoms with Gasteiger partial charge in [-0.05, 0) is 18.8 Å². The number of rotatable bonds is 5. The van der Waals surface area contributed by atoms with Crippen molar-refractivity contribution in [1.29, 1.82) is 0 Å². The van der Waals surface area contributed by atoms with Crippen molar-refractivity contribution in [3.63, 3.8) is 0 Å². The number of likely N-dealkylation sites (N-methyl/N-ethyl adjacent to an activating group) is 1. The Bertz CT molecular complexity index is 690. The number of imidazole rings is 1. The number of thiazole rings is 1. The van der Waals surface area contributed by atoms with E-state index in [1.54, 1.807) is 11.6 Å². The van der Waals surface area contributed by atoms with Crippen LogP contribution in [-0.2, 0) is 4.74 Å². The van der Waals surface area contributed by atoms with E-state index < -0.39 is 0 Å². The molecule has 0 N–H and O–H groups in total. The van der Waals surface area contributed by atoms with E-state index >= 15 is 0 Å². The van der Waals surface area contributed by atoms with Crippen LogP contribution in [0.3, 0.4) is 0 Å². The van der Waals surface area contributed by atoms with Crippen molar-refractivity contribution >= 4 is 27.9 Å². The summed E-state index contributed by atoms with van der Waals surface area (Å²) in [5.74, 6) is 0.462. The molecule has 0 amide bonds. The minimum Gasteiger partial charge on any atom is -0.373 e. The molecule has 126 valence electrons. The predicted octanol–water partition coefficient (Wildman–Crippen LogP) is 1.85. The Morgan fingerprint density at radius 3 is 2.83 bits per heavy atom. The van der Waals surface area contributed by atoms with Gasteiger partial charge in [-0.25, -0.2) is 0 Å². The first kappa shape index (κ1) is 16.2. The zero-order chi connectivity index (χ0) is 16.6. The summed E-state index contributed by atoms with van der Waals surface area (Å²) in [5.41, 5.74) is 0. The molecule has 1 aliphatic rings. The molecular formula is C14H21N5O3S. The van der Waals surface area contributed by atoms with Crippen molar-refractivity contribution in [2.24, 2.45) is 0 Å². The van der Waals surface area contributed by atoms with E-state index in [2.05, 4.69) is 23.7 Å². The third kappa shape index (κ3) is 3.31. The van der Waals surface area contributed by atoms with Crippen LogP contribution in [0.4, 0.5) is 11.6 Å². The molecule has 0 bridgehead atoms. The van der Waals surface area contributed by atoms with Gasteiger partial charge < -0.3 is 19.8 Å². The van der Waals surface area contributed by atoms with Crippen LogP contribution in [0, 0.1) is 10.1 Å². The Hall–Kier alpha value is -1.71. The summed E-state index contributed by atoms with van der Waals surface area (Å²) >= 11 is 1.40. The smallest absolute Gasteiger partial charge is 0.373 e. The minimum absolute atomic E-state index is 0.0347. The van der Waals surface area contributed by atoms with Gasteiger partial charge in [0.05, 0.1) is 12.2 Å². The van der Waals surface area contributed by atoms with Gasteiger partial charge in [0.25, 0.3) is 4.96 Å². The second kappa shape index (κ2) is 6.42. The van der Waals surface area contributed by atoms with Gasteiger partial charge in [-0.3, -0.25) is 4.90 Å². The van der Waals surface area contributed by atoms with Gasteiger partial charge in [0.2, 0.25) is 5.82 Å². The van der Waals surface area contributed by atoms with Crippen molar-refractivity contribution in [2.75, 3.05) is 38.1 Å². The molecule has 8 nitrogen and oxygen atoms in total. The van der Waals surface area contributed by atoms with E-state index in [1.165, 1.54) is 15.7 Å². The van der Waals surface area contributed by atoms with E-state index in [4.69, 9.17) is 4.74 Å². The van der Waals surface area contributed by atoms with Crippen LogP contribution in [0.15, 0.2) is 11.6 Å². The highest BCUT2D eigenvalue weighted by molar-refractivity contribution is 7.15. The van der Waals surface area contributed by atoms with Crippen LogP contribution in [0.1, 0.15) is 13.8 Å². The third-order valence-corrected chi connectivity index (χ3v) is 4.76. The second-order valence-electron chi connectivity index (χ2n) is 6.01. The fourth-order valence-corrected chi connectivity index (χ4v) is 3.76. The summed E-state index contributed by atoms with van der Waals surface area (Å²) in [5, 5.41) is 13.2. The molecule has 3 rings (SSSR count). The molecule has 0 aromatic carbocycles. The number of nitro groups is 1. The van der Waals surface area contributed by atoms with Gasteiger partial charge in [0.15, 0.2) is 0 Å². The molecular weight excluding hydrogens is 318 g/mol. The normalized spacial score (nSPS) is 22.6. The van der Waals surface area contributed by atoms with Crippen molar-refractivity contribution in [2.45, 2.75) is 26.1 Å². The molecule has 0 spiro atoms. The zero-order valence-electron chi connectivity index (χ0n) is 13.5. The Morgan fingerprint density at radius 2 is 2.17 bits per heavy atom. The maximum atomic E-state index is 11.4. The maximum Gasteiger partial charge on any atom is 0.373 e. The molecule has 1 saturated heterocycles. The van der Waals surface area contributed by atoms with Gasteiger partial charge in [-0.2, -0.15) is 9.38 Å². The van der Waals surface area contributed by atoms with Crippen molar-refractivity contribution in [1.82, 2.24) is 14.3 Å². The lowest BCUT2D eigenvalue weighted by Gasteiger charge is -2.36. The fraction of sp³-hybridized carbons (Fsp3) is 0.643. The summed E-state index contributed by atoms with van der Waals surface area (Å²) in [4.78, 5) is 20.3. The van der Waals surface area contributed by atoms with E-state index in [0.29, 0.717) is 17.3 Å². The monoisotopic (exact) mass is 339 g/mol.